The van der Waals surface area contributed by atoms with Crippen LogP contribution in [0.3, 0.4) is 0 Å². The normalized spacial score (nSPS) is 15.9. The molecule has 8 heteroatoms. The lowest BCUT2D eigenvalue weighted by Crippen LogP contribution is -2.35. The number of anilines is 1. The van der Waals surface area contributed by atoms with Gasteiger partial charge in [0.15, 0.2) is 0 Å². The monoisotopic (exact) mass is 472 g/mol. The van der Waals surface area contributed by atoms with Gasteiger partial charge in [0.1, 0.15) is 5.75 Å². The van der Waals surface area contributed by atoms with E-state index in [-0.39, 0.29) is 11.8 Å². The van der Waals surface area contributed by atoms with Crippen LogP contribution in [0, 0.1) is 5.92 Å². The number of methoxy groups -OCH3 is 1. The Bertz CT molecular complexity index is 939. The number of hydrogen-bond donors (Lipinski definition) is 3. The van der Waals surface area contributed by atoms with Gasteiger partial charge < -0.3 is 26.0 Å². The lowest BCUT2D eigenvalue weighted by Gasteiger charge is -2.17. The molecule has 1 heterocycles. The molecule has 0 radical (unpaired) electrons. The maximum Gasteiger partial charge on any atom is 0.255 e. The van der Waals surface area contributed by atoms with Crippen molar-refractivity contribution in [2.75, 3.05) is 45.6 Å². The highest BCUT2D eigenvalue weighted by Crippen LogP contribution is 2.28. The van der Waals surface area contributed by atoms with E-state index in [4.69, 9.17) is 22.1 Å². The lowest BCUT2D eigenvalue weighted by atomic mass is 10.1. The predicted octanol–water partition coefficient (Wildman–Crippen LogP) is 3.12. The molecule has 1 atom stereocenters. The van der Waals surface area contributed by atoms with E-state index in [0.717, 1.165) is 38.9 Å². The number of benzene rings is 2. The number of nitrogens with one attached hydrogen (secondary N) is 2. The number of rotatable bonds is 11. The van der Waals surface area contributed by atoms with E-state index in [0.29, 0.717) is 47.5 Å². The van der Waals surface area contributed by atoms with Crippen molar-refractivity contribution in [2.24, 2.45) is 5.92 Å². The smallest absolute Gasteiger partial charge is 0.255 e. The first-order valence-corrected chi connectivity index (χ1v) is 11.8. The van der Waals surface area contributed by atoms with Crippen molar-refractivity contribution in [1.82, 2.24) is 15.5 Å². The number of carbonyl (C=O) groups excluding carboxylic acids is 2. The number of nitrogen functional groups attached to an aromatic ring is 1. The van der Waals surface area contributed by atoms with Gasteiger partial charge in [-0.15, -0.1) is 0 Å². The van der Waals surface area contributed by atoms with Gasteiger partial charge in [-0.3, -0.25) is 9.59 Å². The van der Waals surface area contributed by atoms with E-state index >= 15 is 0 Å². The molecule has 1 saturated heterocycles. The first-order valence-electron chi connectivity index (χ1n) is 11.4. The summed E-state index contributed by atoms with van der Waals surface area (Å²) in [5.41, 5.74) is 7.80. The highest BCUT2D eigenvalue weighted by atomic mass is 35.5. The summed E-state index contributed by atoms with van der Waals surface area (Å²) in [5.74, 6) is 0.646. The standard InChI is InChI=1S/C25H33ClN4O3/c1-33-23-15-22(27)21(26)14-20(23)25(32)29-16-19-10-12-30(17-19)13-11-28-24(31)9-5-8-18-6-3-2-4-7-18/h2-4,6-7,14-15,19H,5,8-13,16-17,27H2,1H3,(H,28,31)(H,29,32)/t19-/m1/s1. The zero-order valence-electron chi connectivity index (χ0n) is 19.1. The Hall–Kier alpha value is -2.77. The topological polar surface area (TPSA) is 96.7 Å². The van der Waals surface area contributed by atoms with E-state index in [1.165, 1.54) is 18.7 Å². The van der Waals surface area contributed by atoms with Crippen LogP contribution >= 0.6 is 11.6 Å². The summed E-state index contributed by atoms with van der Waals surface area (Å²) in [6.07, 6.45) is 3.32. The molecule has 178 valence electrons. The van der Waals surface area contributed by atoms with Crippen LogP contribution in [-0.4, -0.2) is 56.5 Å². The number of hydrogen-bond acceptors (Lipinski definition) is 5. The Morgan fingerprint density at radius 3 is 2.76 bits per heavy atom. The fourth-order valence-electron chi connectivity index (χ4n) is 4.07. The fraction of sp³-hybridized carbons (Fsp3) is 0.440. The minimum absolute atomic E-state index is 0.102. The van der Waals surface area contributed by atoms with E-state index < -0.39 is 0 Å². The summed E-state index contributed by atoms with van der Waals surface area (Å²) in [6.45, 7) is 3.89. The third-order valence-corrected chi connectivity index (χ3v) is 6.27. The molecule has 0 spiro atoms. The Morgan fingerprint density at radius 2 is 2.00 bits per heavy atom. The molecule has 4 N–H and O–H groups in total. The molecule has 3 rings (SSSR count). The zero-order valence-corrected chi connectivity index (χ0v) is 19.9. The predicted molar refractivity (Wildman–Crippen MR) is 132 cm³/mol. The van der Waals surface area contributed by atoms with E-state index in [1.807, 2.05) is 18.2 Å². The number of amides is 2. The van der Waals surface area contributed by atoms with Crippen molar-refractivity contribution in [3.8, 4) is 5.75 Å². The van der Waals surface area contributed by atoms with Crippen LogP contribution in [0.1, 0.15) is 35.2 Å². The highest BCUT2D eigenvalue weighted by molar-refractivity contribution is 6.33. The minimum Gasteiger partial charge on any atom is -0.496 e. The van der Waals surface area contributed by atoms with Gasteiger partial charge in [0, 0.05) is 38.7 Å². The second-order valence-corrected chi connectivity index (χ2v) is 8.84. The van der Waals surface area contributed by atoms with Crippen LogP contribution in [-0.2, 0) is 11.2 Å². The van der Waals surface area contributed by atoms with Crippen LogP contribution in [0.4, 0.5) is 5.69 Å². The molecule has 0 unspecified atom stereocenters. The van der Waals surface area contributed by atoms with Crippen molar-refractivity contribution in [2.45, 2.75) is 25.7 Å². The molecule has 0 saturated carbocycles. The van der Waals surface area contributed by atoms with Gasteiger partial charge in [0.2, 0.25) is 5.91 Å². The SMILES string of the molecule is COc1cc(N)c(Cl)cc1C(=O)NC[C@H]1CCN(CCNC(=O)CCCc2ccccc2)C1. The van der Waals surface area contributed by atoms with Crippen LogP contribution in [0.25, 0.3) is 0 Å². The summed E-state index contributed by atoms with van der Waals surface area (Å²) < 4.78 is 5.26. The molecule has 2 aromatic carbocycles. The number of halogens is 1. The number of ether oxygens (including phenoxy) is 1. The average Bonchev–Trinajstić information content (AvgIpc) is 3.27. The van der Waals surface area contributed by atoms with Crippen LogP contribution in [0.15, 0.2) is 42.5 Å². The van der Waals surface area contributed by atoms with Crippen molar-refractivity contribution < 1.29 is 14.3 Å². The van der Waals surface area contributed by atoms with Gasteiger partial charge in [0.25, 0.3) is 5.91 Å². The molecule has 2 aromatic rings. The van der Waals surface area contributed by atoms with Gasteiger partial charge in [-0.2, -0.15) is 0 Å². The van der Waals surface area contributed by atoms with Crippen molar-refractivity contribution >= 4 is 29.1 Å². The van der Waals surface area contributed by atoms with Gasteiger partial charge in [0.05, 0.1) is 23.4 Å². The maximum atomic E-state index is 12.6. The summed E-state index contributed by atoms with van der Waals surface area (Å²) in [7, 11) is 1.50. The minimum atomic E-state index is -0.227. The van der Waals surface area contributed by atoms with Crippen LogP contribution < -0.4 is 21.1 Å². The molecule has 0 aromatic heterocycles. The summed E-state index contributed by atoms with van der Waals surface area (Å²) in [5, 5.41) is 6.33. The molecule has 1 aliphatic heterocycles. The summed E-state index contributed by atoms with van der Waals surface area (Å²) in [6, 6.07) is 13.3. The van der Waals surface area contributed by atoms with Crippen molar-refractivity contribution in [3.05, 3.63) is 58.6 Å². The number of nitrogens with zero attached hydrogens (tertiary/aromatic N) is 1. The Kier molecular flexibility index (Phi) is 9.39. The molecule has 7 nitrogen and oxygen atoms in total. The fourth-order valence-corrected chi connectivity index (χ4v) is 4.23. The molecular formula is C25H33ClN4O3. The number of likely N-dealkylation sites (tertiary alicyclic amines) is 1. The molecule has 0 aliphatic carbocycles. The second-order valence-electron chi connectivity index (χ2n) is 8.43. The Balaban J connectivity index is 1.32. The maximum absolute atomic E-state index is 12.6. The quantitative estimate of drug-likeness (QED) is 0.436. The lowest BCUT2D eigenvalue weighted by molar-refractivity contribution is -0.121. The molecule has 1 aliphatic rings. The van der Waals surface area contributed by atoms with Crippen molar-refractivity contribution in [1.29, 1.82) is 0 Å². The van der Waals surface area contributed by atoms with Gasteiger partial charge in [-0.1, -0.05) is 41.9 Å². The van der Waals surface area contributed by atoms with Gasteiger partial charge in [-0.05, 0) is 43.4 Å². The first-order chi connectivity index (χ1) is 16.0. The molecule has 2 amide bonds. The summed E-state index contributed by atoms with van der Waals surface area (Å²) in [4.78, 5) is 27.0. The number of aryl methyl sites for hydroxylation is 1. The number of carbonyl (C=O) groups is 2. The van der Waals surface area contributed by atoms with Crippen LogP contribution in [0.2, 0.25) is 5.02 Å². The largest absolute Gasteiger partial charge is 0.496 e. The molecule has 33 heavy (non-hydrogen) atoms. The van der Waals surface area contributed by atoms with E-state index in [9.17, 15) is 9.59 Å². The molecule has 1 fully saturated rings. The summed E-state index contributed by atoms with van der Waals surface area (Å²) >= 11 is 6.06. The third-order valence-electron chi connectivity index (χ3n) is 5.95. The molecular weight excluding hydrogens is 440 g/mol. The van der Waals surface area contributed by atoms with Crippen LogP contribution in [0.5, 0.6) is 5.75 Å². The van der Waals surface area contributed by atoms with E-state index in [2.05, 4.69) is 27.7 Å². The zero-order chi connectivity index (χ0) is 23.6. The number of nitrogens with two attached hydrogens (primary N) is 1. The highest BCUT2D eigenvalue weighted by Gasteiger charge is 2.23. The third kappa shape index (κ3) is 7.65. The second kappa shape index (κ2) is 12.5. The van der Waals surface area contributed by atoms with E-state index in [1.54, 1.807) is 6.07 Å². The first kappa shape index (κ1) is 24.9. The average molecular weight is 473 g/mol. The van der Waals surface area contributed by atoms with Gasteiger partial charge >= 0.3 is 0 Å². The molecule has 0 bridgehead atoms. The Labute approximate surface area is 200 Å². The van der Waals surface area contributed by atoms with Crippen molar-refractivity contribution in [3.63, 3.8) is 0 Å². The Morgan fingerprint density at radius 1 is 1.21 bits per heavy atom. The van der Waals surface area contributed by atoms with Gasteiger partial charge in [-0.25, -0.2) is 0 Å².